The third-order valence-corrected chi connectivity index (χ3v) is 6.78. The molecule has 1 aliphatic rings. The Morgan fingerprint density at radius 1 is 1.38 bits per heavy atom. The largest absolute Gasteiger partial charge is 0.467 e. The van der Waals surface area contributed by atoms with Gasteiger partial charge in [0.2, 0.25) is 10.0 Å². The van der Waals surface area contributed by atoms with Gasteiger partial charge in [0, 0.05) is 18.7 Å². The fourth-order valence-corrected chi connectivity index (χ4v) is 5.13. The van der Waals surface area contributed by atoms with Crippen LogP contribution in [-0.2, 0) is 16.6 Å². The van der Waals surface area contributed by atoms with Crippen LogP contribution in [0.5, 0.6) is 0 Å². The van der Waals surface area contributed by atoms with Crippen molar-refractivity contribution in [2.45, 2.75) is 31.2 Å². The summed E-state index contributed by atoms with van der Waals surface area (Å²) in [6, 6.07) is 7.78. The fraction of sp³-hybridized carbons (Fsp3) is 0.389. The fourth-order valence-electron chi connectivity index (χ4n) is 3.03. The van der Waals surface area contributed by atoms with Crippen LogP contribution in [-0.4, -0.2) is 31.7 Å². The van der Waals surface area contributed by atoms with Crippen LogP contribution in [0.2, 0.25) is 5.02 Å². The van der Waals surface area contributed by atoms with E-state index in [9.17, 15) is 13.2 Å². The van der Waals surface area contributed by atoms with Gasteiger partial charge in [0.1, 0.15) is 10.7 Å². The zero-order valence-electron chi connectivity index (χ0n) is 14.4. The van der Waals surface area contributed by atoms with Gasteiger partial charge >= 0.3 is 0 Å². The number of hydrogen-bond acceptors (Lipinski definition) is 4. The van der Waals surface area contributed by atoms with Crippen molar-refractivity contribution in [3.05, 3.63) is 52.9 Å². The normalized spacial score (nSPS) is 18.6. The van der Waals surface area contributed by atoms with Crippen molar-refractivity contribution in [3.63, 3.8) is 0 Å². The van der Waals surface area contributed by atoms with Gasteiger partial charge in [0.15, 0.2) is 0 Å². The second kappa shape index (κ2) is 7.82. The molecule has 3 rings (SSSR count). The minimum absolute atomic E-state index is 0.0288. The first-order valence-electron chi connectivity index (χ1n) is 8.48. The second-order valence-corrected chi connectivity index (χ2v) is 8.83. The molecule has 140 valence electrons. The molecule has 0 aliphatic carbocycles. The van der Waals surface area contributed by atoms with Crippen LogP contribution >= 0.6 is 11.6 Å². The standard InChI is InChI=1S/C18H21ClN2O4S/c1-13-4-2-8-21(12-13)26(23,24)17-10-14(6-7-16(17)19)18(22)20-11-15-5-3-9-25-15/h3,5-7,9-10,13H,2,4,8,11-12H2,1H3,(H,20,22)/t13-/m0/s1. The van der Waals surface area contributed by atoms with E-state index in [-0.39, 0.29) is 27.9 Å². The summed E-state index contributed by atoms with van der Waals surface area (Å²) in [6.45, 7) is 3.19. The Bertz CT molecular complexity index is 881. The summed E-state index contributed by atoms with van der Waals surface area (Å²) in [5.74, 6) is 0.529. The molecule has 0 radical (unpaired) electrons. The summed E-state index contributed by atoms with van der Waals surface area (Å²) < 4.78 is 32.6. The van der Waals surface area contributed by atoms with E-state index in [4.69, 9.17) is 16.0 Å². The van der Waals surface area contributed by atoms with Gasteiger partial charge in [-0.15, -0.1) is 0 Å². The second-order valence-electron chi connectivity index (χ2n) is 6.52. The number of carbonyl (C=O) groups is 1. The molecule has 0 saturated carbocycles. The molecule has 26 heavy (non-hydrogen) atoms. The maximum Gasteiger partial charge on any atom is 0.251 e. The lowest BCUT2D eigenvalue weighted by Gasteiger charge is -2.30. The first-order chi connectivity index (χ1) is 12.4. The van der Waals surface area contributed by atoms with Crippen molar-refractivity contribution in [2.75, 3.05) is 13.1 Å². The highest BCUT2D eigenvalue weighted by atomic mass is 35.5. The lowest BCUT2D eigenvalue weighted by molar-refractivity contribution is 0.0948. The van der Waals surface area contributed by atoms with E-state index in [1.165, 1.54) is 28.8 Å². The quantitative estimate of drug-likeness (QED) is 0.841. The number of amides is 1. The minimum atomic E-state index is -3.74. The number of nitrogens with zero attached hydrogens (tertiary/aromatic N) is 1. The van der Waals surface area contributed by atoms with Crippen LogP contribution in [0.4, 0.5) is 0 Å². The van der Waals surface area contributed by atoms with Crippen LogP contribution < -0.4 is 5.32 Å². The number of piperidine rings is 1. The molecule has 8 heteroatoms. The molecule has 1 saturated heterocycles. The number of carbonyl (C=O) groups excluding carboxylic acids is 1. The van der Waals surface area contributed by atoms with E-state index in [1.807, 2.05) is 6.92 Å². The minimum Gasteiger partial charge on any atom is -0.467 e. The SMILES string of the molecule is C[C@H]1CCCN(S(=O)(=O)c2cc(C(=O)NCc3ccco3)ccc2Cl)C1. The van der Waals surface area contributed by atoms with E-state index in [0.717, 1.165) is 12.8 Å². The number of halogens is 1. The molecule has 1 atom stereocenters. The van der Waals surface area contributed by atoms with Crippen molar-refractivity contribution < 1.29 is 17.6 Å². The van der Waals surface area contributed by atoms with E-state index in [0.29, 0.717) is 24.8 Å². The van der Waals surface area contributed by atoms with Crippen molar-refractivity contribution in [2.24, 2.45) is 5.92 Å². The van der Waals surface area contributed by atoms with Gasteiger partial charge < -0.3 is 9.73 Å². The average Bonchev–Trinajstić information content (AvgIpc) is 3.13. The molecule has 0 unspecified atom stereocenters. The molecule has 0 spiro atoms. The number of nitrogens with one attached hydrogen (secondary N) is 1. The van der Waals surface area contributed by atoms with Crippen LogP contribution in [0.25, 0.3) is 0 Å². The molecule has 6 nitrogen and oxygen atoms in total. The summed E-state index contributed by atoms with van der Waals surface area (Å²) in [5.41, 5.74) is 0.240. The van der Waals surface area contributed by atoms with Crippen LogP contribution in [0.1, 0.15) is 35.9 Å². The summed E-state index contributed by atoms with van der Waals surface area (Å²) in [6.07, 6.45) is 3.35. The van der Waals surface area contributed by atoms with Crippen molar-refractivity contribution >= 4 is 27.5 Å². The molecule has 0 bridgehead atoms. The third-order valence-electron chi connectivity index (χ3n) is 4.43. The molecular weight excluding hydrogens is 376 g/mol. The molecule has 1 aromatic carbocycles. The lowest BCUT2D eigenvalue weighted by atomic mass is 10.0. The van der Waals surface area contributed by atoms with Gasteiger partial charge in [-0.25, -0.2) is 8.42 Å². The topological polar surface area (TPSA) is 79.6 Å². The van der Waals surface area contributed by atoms with E-state index in [2.05, 4.69) is 5.32 Å². The predicted molar refractivity (Wildman–Crippen MR) is 98.5 cm³/mol. The maximum absolute atomic E-state index is 13.0. The van der Waals surface area contributed by atoms with Gasteiger partial charge in [-0.05, 0) is 49.1 Å². The summed E-state index contributed by atoms with van der Waals surface area (Å²) in [7, 11) is -3.74. The van der Waals surface area contributed by atoms with E-state index < -0.39 is 10.0 Å². The van der Waals surface area contributed by atoms with Gasteiger partial charge in [-0.3, -0.25) is 4.79 Å². The van der Waals surface area contributed by atoms with Crippen molar-refractivity contribution in [1.29, 1.82) is 0 Å². The molecule has 2 heterocycles. The lowest BCUT2D eigenvalue weighted by Crippen LogP contribution is -2.39. The zero-order chi connectivity index (χ0) is 18.7. The van der Waals surface area contributed by atoms with Crippen molar-refractivity contribution in [3.8, 4) is 0 Å². The zero-order valence-corrected chi connectivity index (χ0v) is 16.0. The highest BCUT2D eigenvalue weighted by molar-refractivity contribution is 7.89. The van der Waals surface area contributed by atoms with Gasteiger partial charge in [-0.1, -0.05) is 18.5 Å². The molecule has 1 amide bonds. The monoisotopic (exact) mass is 396 g/mol. The predicted octanol–water partition coefficient (Wildman–Crippen LogP) is 3.28. The van der Waals surface area contributed by atoms with Crippen LogP contribution in [0.3, 0.4) is 0 Å². The van der Waals surface area contributed by atoms with Crippen LogP contribution in [0, 0.1) is 5.92 Å². The first-order valence-corrected chi connectivity index (χ1v) is 10.3. The summed E-state index contributed by atoms with van der Waals surface area (Å²) in [4.78, 5) is 12.3. The molecular formula is C18H21ClN2O4S. The summed E-state index contributed by atoms with van der Waals surface area (Å²) in [5, 5.41) is 2.82. The molecule has 1 aliphatic heterocycles. The summed E-state index contributed by atoms with van der Waals surface area (Å²) >= 11 is 6.15. The third kappa shape index (κ3) is 4.11. The number of sulfonamides is 1. The van der Waals surface area contributed by atoms with Crippen molar-refractivity contribution in [1.82, 2.24) is 9.62 Å². The van der Waals surface area contributed by atoms with E-state index >= 15 is 0 Å². The Morgan fingerprint density at radius 2 is 2.19 bits per heavy atom. The van der Waals surface area contributed by atoms with Crippen LogP contribution in [0.15, 0.2) is 45.9 Å². The molecule has 1 N–H and O–H groups in total. The number of rotatable bonds is 5. The van der Waals surface area contributed by atoms with E-state index in [1.54, 1.807) is 12.1 Å². The number of hydrogen-bond donors (Lipinski definition) is 1. The highest BCUT2D eigenvalue weighted by Crippen LogP contribution is 2.29. The first kappa shape index (κ1) is 18.9. The smallest absolute Gasteiger partial charge is 0.251 e. The average molecular weight is 397 g/mol. The Balaban J connectivity index is 1.81. The molecule has 1 aromatic heterocycles. The van der Waals surface area contributed by atoms with Gasteiger partial charge in [0.05, 0.1) is 17.8 Å². The number of furan rings is 1. The number of benzene rings is 1. The molecule has 1 fully saturated rings. The Kier molecular flexibility index (Phi) is 5.70. The molecule has 2 aromatic rings. The maximum atomic E-state index is 13.0. The Morgan fingerprint density at radius 3 is 2.88 bits per heavy atom. The Labute approximate surface area is 158 Å². The highest BCUT2D eigenvalue weighted by Gasteiger charge is 2.30. The Hall–Kier alpha value is -1.83. The van der Waals surface area contributed by atoms with Gasteiger partial charge in [0.25, 0.3) is 5.91 Å². The van der Waals surface area contributed by atoms with Gasteiger partial charge in [-0.2, -0.15) is 4.31 Å².